The Morgan fingerprint density at radius 1 is 1.04 bits per heavy atom. The van der Waals surface area contributed by atoms with Crippen LogP contribution in [0.1, 0.15) is 63.9 Å². The fourth-order valence-electron chi connectivity index (χ4n) is 5.19. The lowest BCUT2D eigenvalue weighted by molar-refractivity contribution is -0.0484. The van der Waals surface area contributed by atoms with Crippen molar-refractivity contribution >= 4 is 6.08 Å². The Bertz CT molecular complexity index is 573. The molecule has 2 saturated carbocycles. The van der Waals surface area contributed by atoms with E-state index in [9.17, 15) is 5.11 Å². The zero-order chi connectivity index (χ0) is 17.9. The maximum atomic E-state index is 12.0. The predicted octanol–water partition coefficient (Wildman–Crippen LogP) is 5.13. The standard InChI is InChI=1S/C23H35NO/c1-18-14-15-22(24(2)3)23(25,17-20-12-8-5-9-13-20)21(18)16-19-10-6-4-7-11-19/h4,6-7,10-11,16,18,20,22,25H,5,8-9,12-15,17H2,1-3H3. The van der Waals surface area contributed by atoms with Crippen molar-refractivity contribution in [1.29, 1.82) is 0 Å². The fraction of sp³-hybridized carbons (Fsp3) is 0.652. The molecule has 0 saturated heterocycles. The SMILES string of the molecule is CC1CCC(N(C)C)C(O)(CC2CCCCC2)C1=Cc1ccccc1. The molecule has 25 heavy (non-hydrogen) atoms. The average molecular weight is 342 g/mol. The van der Waals surface area contributed by atoms with Crippen molar-refractivity contribution in [2.45, 2.75) is 69.9 Å². The first-order chi connectivity index (χ1) is 12.0. The molecule has 0 radical (unpaired) electrons. The molecule has 138 valence electrons. The predicted molar refractivity (Wildman–Crippen MR) is 106 cm³/mol. The van der Waals surface area contributed by atoms with Crippen LogP contribution in [0.5, 0.6) is 0 Å². The second kappa shape index (κ2) is 8.05. The summed E-state index contributed by atoms with van der Waals surface area (Å²) in [6.45, 7) is 2.30. The van der Waals surface area contributed by atoms with E-state index in [1.807, 2.05) is 0 Å². The van der Waals surface area contributed by atoms with Crippen LogP contribution >= 0.6 is 0 Å². The van der Waals surface area contributed by atoms with E-state index in [0.717, 1.165) is 19.3 Å². The van der Waals surface area contributed by atoms with Crippen LogP contribution in [0, 0.1) is 11.8 Å². The van der Waals surface area contributed by atoms with E-state index >= 15 is 0 Å². The Morgan fingerprint density at radius 3 is 2.36 bits per heavy atom. The maximum absolute atomic E-state index is 12.0. The zero-order valence-electron chi connectivity index (χ0n) is 16.2. The summed E-state index contributed by atoms with van der Waals surface area (Å²) < 4.78 is 0. The van der Waals surface area contributed by atoms with Gasteiger partial charge in [-0.15, -0.1) is 0 Å². The van der Waals surface area contributed by atoms with Gasteiger partial charge in [-0.25, -0.2) is 0 Å². The van der Waals surface area contributed by atoms with Crippen LogP contribution in [0.4, 0.5) is 0 Å². The first-order valence-electron chi connectivity index (χ1n) is 10.2. The van der Waals surface area contributed by atoms with E-state index in [2.05, 4.69) is 62.3 Å². The monoisotopic (exact) mass is 341 g/mol. The smallest absolute Gasteiger partial charge is 0.102 e. The van der Waals surface area contributed by atoms with E-state index in [-0.39, 0.29) is 6.04 Å². The van der Waals surface area contributed by atoms with E-state index in [4.69, 9.17) is 0 Å². The van der Waals surface area contributed by atoms with Gasteiger partial charge in [0.2, 0.25) is 0 Å². The quantitative estimate of drug-likeness (QED) is 0.820. The summed E-state index contributed by atoms with van der Waals surface area (Å²) in [5.74, 6) is 1.12. The lowest BCUT2D eigenvalue weighted by Gasteiger charge is -2.49. The highest BCUT2D eigenvalue weighted by molar-refractivity contribution is 5.56. The van der Waals surface area contributed by atoms with Gasteiger partial charge in [0.1, 0.15) is 5.60 Å². The molecule has 2 nitrogen and oxygen atoms in total. The van der Waals surface area contributed by atoms with E-state index in [1.54, 1.807) is 0 Å². The van der Waals surface area contributed by atoms with Crippen molar-refractivity contribution in [2.75, 3.05) is 14.1 Å². The normalized spacial score (nSPS) is 33.1. The number of hydrogen-bond donors (Lipinski definition) is 1. The highest BCUT2D eigenvalue weighted by Crippen LogP contribution is 2.45. The van der Waals surface area contributed by atoms with Crippen LogP contribution < -0.4 is 0 Å². The van der Waals surface area contributed by atoms with Crippen molar-refractivity contribution in [3.63, 3.8) is 0 Å². The summed E-state index contributed by atoms with van der Waals surface area (Å²) in [6.07, 6.45) is 12.1. The van der Waals surface area contributed by atoms with Gasteiger partial charge in [-0.3, -0.25) is 0 Å². The third-order valence-electron chi connectivity index (χ3n) is 6.52. The van der Waals surface area contributed by atoms with E-state index in [1.165, 1.54) is 43.2 Å². The summed E-state index contributed by atoms with van der Waals surface area (Å²) in [6, 6.07) is 10.8. The van der Waals surface area contributed by atoms with Crippen molar-refractivity contribution in [1.82, 2.24) is 4.90 Å². The lowest BCUT2D eigenvalue weighted by atomic mass is 9.65. The van der Waals surface area contributed by atoms with Gasteiger partial charge in [0.05, 0.1) is 0 Å². The zero-order valence-corrected chi connectivity index (χ0v) is 16.2. The molecule has 1 N–H and O–H groups in total. The molecule has 0 aromatic heterocycles. The lowest BCUT2D eigenvalue weighted by Crippen LogP contribution is -2.56. The van der Waals surface area contributed by atoms with E-state index < -0.39 is 5.60 Å². The third kappa shape index (κ3) is 4.17. The number of aliphatic hydroxyl groups is 1. The Balaban J connectivity index is 1.96. The Labute approximate surface area is 153 Å². The van der Waals surface area contributed by atoms with Crippen LogP contribution in [0.25, 0.3) is 6.08 Å². The molecular weight excluding hydrogens is 306 g/mol. The summed E-state index contributed by atoms with van der Waals surface area (Å²) >= 11 is 0. The maximum Gasteiger partial charge on any atom is 0.102 e. The minimum Gasteiger partial charge on any atom is -0.384 e. The number of likely N-dealkylation sites (N-methyl/N-ethyl adjacent to an activating group) is 1. The number of hydrogen-bond acceptors (Lipinski definition) is 2. The van der Waals surface area contributed by atoms with Crippen LogP contribution in [-0.4, -0.2) is 35.7 Å². The van der Waals surface area contributed by atoms with Gasteiger partial charge in [0.25, 0.3) is 0 Å². The molecule has 2 fully saturated rings. The van der Waals surface area contributed by atoms with E-state index in [0.29, 0.717) is 11.8 Å². The molecule has 3 atom stereocenters. The number of nitrogens with zero attached hydrogens (tertiary/aromatic N) is 1. The van der Waals surface area contributed by atoms with Crippen molar-refractivity contribution in [3.05, 3.63) is 41.5 Å². The highest BCUT2D eigenvalue weighted by atomic mass is 16.3. The molecule has 1 aromatic rings. The molecule has 2 aliphatic rings. The van der Waals surface area contributed by atoms with Gasteiger partial charge in [0, 0.05) is 6.04 Å². The van der Waals surface area contributed by atoms with Gasteiger partial charge in [-0.2, -0.15) is 0 Å². The molecule has 2 heteroatoms. The Hall–Kier alpha value is -1.12. The fourth-order valence-corrected chi connectivity index (χ4v) is 5.19. The molecule has 3 rings (SSSR count). The second-order valence-corrected chi connectivity index (χ2v) is 8.60. The molecule has 0 amide bonds. The molecule has 0 aliphatic heterocycles. The number of rotatable bonds is 4. The Morgan fingerprint density at radius 2 is 1.72 bits per heavy atom. The molecule has 0 bridgehead atoms. The van der Waals surface area contributed by atoms with Crippen LogP contribution in [0.3, 0.4) is 0 Å². The average Bonchev–Trinajstić information content (AvgIpc) is 2.60. The Kier molecular flexibility index (Phi) is 6.01. The highest BCUT2D eigenvalue weighted by Gasteiger charge is 2.47. The summed E-state index contributed by atoms with van der Waals surface area (Å²) in [7, 11) is 4.26. The number of benzene rings is 1. The van der Waals surface area contributed by atoms with Gasteiger partial charge >= 0.3 is 0 Å². The first-order valence-corrected chi connectivity index (χ1v) is 10.2. The van der Waals surface area contributed by atoms with Crippen LogP contribution in [0.2, 0.25) is 0 Å². The van der Waals surface area contributed by atoms with Gasteiger partial charge < -0.3 is 10.0 Å². The molecule has 0 heterocycles. The summed E-state index contributed by atoms with van der Waals surface area (Å²) in [5, 5.41) is 12.0. The van der Waals surface area contributed by atoms with Crippen LogP contribution in [-0.2, 0) is 0 Å². The molecule has 2 aliphatic carbocycles. The molecule has 1 aromatic carbocycles. The topological polar surface area (TPSA) is 23.5 Å². The van der Waals surface area contributed by atoms with Crippen molar-refractivity contribution in [2.24, 2.45) is 11.8 Å². The third-order valence-corrected chi connectivity index (χ3v) is 6.52. The van der Waals surface area contributed by atoms with Crippen LogP contribution in [0.15, 0.2) is 35.9 Å². The van der Waals surface area contributed by atoms with Gasteiger partial charge in [-0.05, 0) is 56.3 Å². The largest absolute Gasteiger partial charge is 0.384 e. The van der Waals surface area contributed by atoms with Crippen molar-refractivity contribution in [3.8, 4) is 0 Å². The summed E-state index contributed by atoms with van der Waals surface area (Å²) in [4.78, 5) is 2.26. The van der Waals surface area contributed by atoms with Gasteiger partial charge in [-0.1, -0.05) is 75.4 Å². The molecular formula is C23H35NO. The molecule has 3 unspecified atom stereocenters. The minimum atomic E-state index is -0.695. The minimum absolute atomic E-state index is 0.223. The van der Waals surface area contributed by atoms with Gasteiger partial charge in [0.15, 0.2) is 0 Å². The summed E-state index contributed by atoms with van der Waals surface area (Å²) in [5.41, 5.74) is 1.78. The second-order valence-electron chi connectivity index (χ2n) is 8.60. The van der Waals surface area contributed by atoms with Crippen molar-refractivity contribution < 1.29 is 5.11 Å². The first kappa shape index (κ1) is 18.7. The molecule has 0 spiro atoms.